The molecule has 0 unspecified atom stereocenters. The van der Waals surface area contributed by atoms with Crippen LogP contribution in [0.3, 0.4) is 0 Å². The fourth-order valence-electron chi connectivity index (χ4n) is 1.40. The topological polar surface area (TPSA) is 55.4 Å². The Morgan fingerprint density at radius 3 is 2.39 bits per heavy atom. The largest absolute Gasteiger partial charge is 0.466 e. The molecule has 0 radical (unpaired) electrons. The maximum absolute atomic E-state index is 11.6. The number of benzene rings is 1. The van der Waals surface area contributed by atoms with Crippen LogP contribution < -0.4 is 5.32 Å². The summed E-state index contributed by atoms with van der Waals surface area (Å²) in [4.78, 5) is 22.4. The van der Waals surface area contributed by atoms with Crippen LogP contribution in [0.1, 0.15) is 18.1 Å². The molecule has 1 rings (SSSR count). The van der Waals surface area contributed by atoms with Gasteiger partial charge in [-0.2, -0.15) is 0 Å². The lowest BCUT2D eigenvalue weighted by Gasteiger charge is -2.06. The Balaban J connectivity index is 2.90. The standard InChI is InChI=1S/C14H17NO3/c1-10-4-6-12(7-5-10)8-13(14(17)18-3)9-15-11(2)16/h4-8H,9H2,1-3H3,(H,15,16)/b13-8+. The first kappa shape index (κ1) is 14.0. The molecule has 0 fully saturated rings. The molecular formula is C14H17NO3. The Bertz CT molecular complexity index is 460. The van der Waals surface area contributed by atoms with Crippen LogP contribution in [0.2, 0.25) is 0 Å². The molecular weight excluding hydrogens is 230 g/mol. The second kappa shape index (κ2) is 6.59. The van der Waals surface area contributed by atoms with Gasteiger partial charge in [0.25, 0.3) is 0 Å². The summed E-state index contributed by atoms with van der Waals surface area (Å²) in [7, 11) is 1.32. The molecule has 4 nitrogen and oxygen atoms in total. The van der Waals surface area contributed by atoms with E-state index >= 15 is 0 Å². The van der Waals surface area contributed by atoms with E-state index in [1.54, 1.807) is 6.08 Å². The van der Waals surface area contributed by atoms with E-state index in [1.807, 2.05) is 31.2 Å². The molecule has 1 N–H and O–H groups in total. The van der Waals surface area contributed by atoms with Gasteiger partial charge in [0.05, 0.1) is 12.7 Å². The van der Waals surface area contributed by atoms with Gasteiger partial charge in [0.15, 0.2) is 0 Å². The predicted molar refractivity (Wildman–Crippen MR) is 69.9 cm³/mol. The average Bonchev–Trinajstić information content (AvgIpc) is 2.35. The molecule has 0 bridgehead atoms. The molecule has 0 saturated heterocycles. The number of hydrogen-bond donors (Lipinski definition) is 1. The minimum atomic E-state index is -0.440. The van der Waals surface area contributed by atoms with Crippen LogP contribution in [0.5, 0.6) is 0 Å². The van der Waals surface area contributed by atoms with Crippen molar-refractivity contribution in [1.29, 1.82) is 0 Å². The lowest BCUT2D eigenvalue weighted by atomic mass is 10.1. The van der Waals surface area contributed by atoms with Crippen LogP contribution in [0.4, 0.5) is 0 Å². The van der Waals surface area contributed by atoms with Crippen molar-refractivity contribution < 1.29 is 14.3 Å². The third-order valence-electron chi connectivity index (χ3n) is 2.39. The van der Waals surface area contributed by atoms with Crippen molar-refractivity contribution in [3.63, 3.8) is 0 Å². The maximum Gasteiger partial charge on any atom is 0.335 e. The molecule has 0 aliphatic carbocycles. The average molecular weight is 247 g/mol. The highest BCUT2D eigenvalue weighted by Gasteiger charge is 2.10. The zero-order chi connectivity index (χ0) is 13.5. The lowest BCUT2D eigenvalue weighted by molar-refractivity contribution is -0.136. The van der Waals surface area contributed by atoms with Gasteiger partial charge in [0.1, 0.15) is 0 Å². The van der Waals surface area contributed by atoms with E-state index in [1.165, 1.54) is 14.0 Å². The molecule has 0 heterocycles. The minimum Gasteiger partial charge on any atom is -0.466 e. The van der Waals surface area contributed by atoms with E-state index in [4.69, 9.17) is 0 Å². The highest BCUT2D eigenvalue weighted by Crippen LogP contribution is 2.09. The molecule has 1 amide bonds. The number of hydrogen-bond acceptors (Lipinski definition) is 3. The fourth-order valence-corrected chi connectivity index (χ4v) is 1.40. The molecule has 0 saturated carbocycles. The summed E-state index contributed by atoms with van der Waals surface area (Å²) in [6, 6.07) is 7.73. The smallest absolute Gasteiger partial charge is 0.335 e. The van der Waals surface area contributed by atoms with Gasteiger partial charge in [-0.3, -0.25) is 4.79 Å². The Morgan fingerprint density at radius 2 is 1.89 bits per heavy atom. The van der Waals surface area contributed by atoms with Crippen LogP contribution in [0, 0.1) is 6.92 Å². The quantitative estimate of drug-likeness (QED) is 0.650. The first-order valence-corrected chi connectivity index (χ1v) is 5.63. The van der Waals surface area contributed by atoms with Gasteiger partial charge < -0.3 is 10.1 Å². The maximum atomic E-state index is 11.6. The Hall–Kier alpha value is -2.10. The van der Waals surface area contributed by atoms with Crippen LogP contribution in [-0.4, -0.2) is 25.5 Å². The van der Waals surface area contributed by atoms with Crippen LogP contribution in [0.15, 0.2) is 29.8 Å². The van der Waals surface area contributed by atoms with Gasteiger partial charge in [0.2, 0.25) is 5.91 Å². The highest BCUT2D eigenvalue weighted by atomic mass is 16.5. The summed E-state index contributed by atoms with van der Waals surface area (Å²) in [6.07, 6.45) is 1.71. The normalized spacial score (nSPS) is 10.9. The number of nitrogens with one attached hydrogen (secondary N) is 1. The first-order chi connectivity index (χ1) is 8.52. The van der Waals surface area contributed by atoms with Gasteiger partial charge in [-0.1, -0.05) is 29.8 Å². The second-order valence-corrected chi connectivity index (χ2v) is 3.98. The number of aryl methyl sites for hydroxylation is 1. The van der Waals surface area contributed by atoms with Crippen molar-refractivity contribution in [2.24, 2.45) is 0 Å². The van der Waals surface area contributed by atoms with Crippen molar-refractivity contribution in [2.75, 3.05) is 13.7 Å². The van der Waals surface area contributed by atoms with Crippen molar-refractivity contribution >= 4 is 18.0 Å². The number of carbonyl (C=O) groups excluding carboxylic acids is 2. The lowest BCUT2D eigenvalue weighted by Crippen LogP contribution is -2.25. The van der Waals surface area contributed by atoms with E-state index in [0.717, 1.165) is 11.1 Å². The van der Waals surface area contributed by atoms with E-state index in [9.17, 15) is 9.59 Å². The first-order valence-electron chi connectivity index (χ1n) is 5.63. The second-order valence-electron chi connectivity index (χ2n) is 3.98. The van der Waals surface area contributed by atoms with Crippen LogP contribution >= 0.6 is 0 Å². The van der Waals surface area contributed by atoms with E-state index < -0.39 is 5.97 Å². The molecule has 0 aromatic heterocycles. The Morgan fingerprint density at radius 1 is 1.28 bits per heavy atom. The van der Waals surface area contributed by atoms with Gasteiger partial charge in [-0.15, -0.1) is 0 Å². The monoisotopic (exact) mass is 247 g/mol. The third kappa shape index (κ3) is 4.41. The number of ether oxygens (including phenoxy) is 1. The highest BCUT2D eigenvalue weighted by molar-refractivity contribution is 5.94. The molecule has 1 aromatic carbocycles. The summed E-state index contributed by atoms with van der Waals surface area (Å²) in [5.74, 6) is -0.627. The van der Waals surface area contributed by atoms with Crippen LogP contribution in [-0.2, 0) is 14.3 Å². The van der Waals surface area contributed by atoms with Gasteiger partial charge in [-0.25, -0.2) is 4.79 Å². The number of methoxy groups -OCH3 is 1. The molecule has 0 aliphatic heterocycles. The number of amides is 1. The zero-order valence-electron chi connectivity index (χ0n) is 10.8. The third-order valence-corrected chi connectivity index (χ3v) is 2.39. The number of rotatable bonds is 4. The van der Waals surface area contributed by atoms with Crippen molar-refractivity contribution in [3.05, 3.63) is 41.0 Å². The summed E-state index contributed by atoms with van der Waals surface area (Å²) in [5, 5.41) is 2.58. The van der Waals surface area contributed by atoms with Crippen molar-refractivity contribution in [2.45, 2.75) is 13.8 Å². The van der Waals surface area contributed by atoms with Gasteiger partial charge >= 0.3 is 5.97 Å². The van der Waals surface area contributed by atoms with Gasteiger partial charge in [0, 0.05) is 13.5 Å². The minimum absolute atomic E-state index is 0.163. The van der Waals surface area contributed by atoms with Crippen molar-refractivity contribution in [1.82, 2.24) is 5.32 Å². The summed E-state index contributed by atoms with van der Waals surface area (Å²) in [6.45, 7) is 3.56. The Kier molecular flexibility index (Phi) is 5.11. The zero-order valence-corrected chi connectivity index (χ0v) is 10.8. The predicted octanol–water partition coefficient (Wildman–Crippen LogP) is 1.69. The number of esters is 1. The molecule has 1 aromatic rings. The summed E-state index contributed by atoms with van der Waals surface area (Å²) < 4.78 is 4.68. The molecule has 4 heteroatoms. The van der Waals surface area contributed by atoms with E-state index in [0.29, 0.717) is 5.57 Å². The molecule has 18 heavy (non-hydrogen) atoms. The number of carbonyl (C=O) groups is 2. The summed E-state index contributed by atoms with van der Waals surface area (Å²) >= 11 is 0. The van der Waals surface area contributed by atoms with Crippen LogP contribution in [0.25, 0.3) is 6.08 Å². The van der Waals surface area contributed by atoms with Crippen molar-refractivity contribution in [3.8, 4) is 0 Å². The molecule has 0 spiro atoms. The fraction of sp³-hybridized carbons (Fsp3) is 0.286. The SMILES string of the molecule is COC(=O)/C(=C/c1ccc(C)cc1)CNC(C)=O. The molecule has 96 valence electrons. The van der Waals surface area contributed by atoms with E-state index in [2.05, 4.69) is 10.1 Å². The summed E-state index contributed by atoms with van der Waals surface area (Å²) in [5.41, 5.74) is 2.46. The Labute approximate surface area is 107 Å². The van der Waals surface area contributed by atoms with E-state index in [-0.39, 0.29) is 12.5 Å². The molecule has 0 atom stereocenters. The van der Waals surface area contributed by atoms with Gasteiger partial charge in [-0.05, 0) is 18.6 Å². The molecule has 0 aliphatic rings.